The average Bonchev–Trinajstić information content (AvgIpc) is 3.00. The Bertz CT molecular complexity index is 523. The van der Waals surface area contributed by atoms with Gasteiger partial charge in [-0.3, -0.25) is 0 Å². The molecule has 20 heavy (non-hydrogen) atoms. The first-order valence-electron chi connectivity index (χ1n) is 6.81. The molecule has 0 bridgehead atoms. The first-order chi connectivity index (χ1) is 9.74. The van der Waals surface area contributed by atoms with Gasteiger partial charge in [-0.05, 0) is 43.7 Å². The summed E-state index contributed by atoms with van der Waals surface area (Å²) in [6.45, 7) is 5.40. The molecular formula is C16H21NO3. The van der Waals surface area contributed by atoms with E-state index in [0.29, 0.717) is 6.61 Å². The van der Waals surface area contributed by atoms with Crippen LogP contribution in [-0.4, -0.2) is 13.7 Å². The van der Waals surface area contributed by atoms with Crippen molar-refractivity contribution in [2.45, 2.75) is 26.4 Å². The third-order valence-corrected chi connectivity index (χ3v) is 3.11. The first kappa shape index (κ1) is 14.5. The summed E-state index contributed by atoms with van der Waals surface area (Å²) in [6, 6.07) is 10.0. The van der Waals surface area contributed by atoms with Gasteiger partial charge >= 0.3 is 0 Å². The van der Waals surface area contributed by atoms with Gasteiger partial charge in [0, 0.05) is 6.54 Å². The molecule has 1 heterocycles. The zero-order valence-electron chi connectivity index (χ0n) is 12.2. The molecule has 0 spiro atoms. The van der Waals surface area contributed by atoms with Gasteiger partial charge < -0.3 is 19.2 Å². The van der Waals surface area contributed by atoms with Gasteiger partial charge in [-0.15, -0.1) is 0 Å². The molecule has 0 aliphatic carbocycles. The van der Waals surface area contributed by atoms with Gasteiger partial charge in [-0.2, -0.15) is 0 Å². The predicted octanol–water partition coefficient (Wildman–Crippen LogP) is 3.54. The highest BCUT2D eigenvalue weighted by Crippen LogP contribution is 2.28. The lowest BCUT2D eigenvalue weighted by atomic mass is 10.1. The van der Waals surface area contributed by atoms with E-state index in [1.165, 1.54) is 0 Å². The van der Waals surface area contributed by atoms with Gasteiger partial charge in [0.2, 0.25) is 0 Å². The van der Waals surface area contributed by atoms with E-state index in [1.54, 1.807) is 13.4 Å². The zero-order chi connectivity index (χ0) is 14.4. The quantitative estimate of drug-likeness (QED) is 0.839. The van der Waals surface area contributed by atoms with Crippen LogP contribution in [0.15, 0.2) is 41.0 Å². The number of hydrogen-bond acceptors (Lipinski definition) is 4. The molecule has 0 saturated heterocycles. The number of nitrogens with one attached hydrogen (secondary N) is 1. The van der Waals surface area contributed by atoms with E-state index in [9.17, 15) is 0 Å². The Morgan fingerprint density at radius 2 is 2.10 bits per heavy atom. The van der Waals surface area contributed by atoms with Crippen molar-refractivity contribution in [3.05, 3.63) is 47.9 Å². The molecule has 0 aliphatic rings. The van der Waals surface area contributed by atoms with Crippen LogP contribution in [0.4, 0.5) is 0 Å². The standard InChI is InChI=1S/C16H21NO3/c1-4-19-15-8-7-13(10-16(15)18-3)11-17-12(2)14-6-5-9-20-14/h5-10,12,17H,4,11H2,1-3H3/t12-/m1/s1. The van der Waals surface area contributed by atoms with Crippen LogP contribution in [0.1, 0.15) is 31.2 Å². The van der Waals surface area contributed by atoms with E-state index >= 15 is 0 Å². The van der Waals surface area contributed by atoms with Crippen LogP contribution < -0.4 is 14.8 Å². The van der Waals surface area contributed by atoms with Crippen LogP contribution in [0.5, 0.6) is 11.5 Å². The molecule has 0 aliphatic heterocycles. The highest BCUT2D eigenvalue weighted by atomic mass is 16.5. The lowest BCUT2D eigenvalue weighted by Crippen LogP contribution is -2.17. The molecule has 1 aromatic heterocycles. The van der Waals surface area contributed by atoms with Crippen molar-refractivity contribution < 1.29 is 13.9 Å². The molecule has 4 nitrogen and oxygen atoms in total. The Hall–Kier alpha value is -1.94. The van der Waals surface area contributed by atoms with Crippen LogP contribution in [-0.2, 0) is 6.54 Å². The fraction of sp³-hybridized carbons (Fsp3) is 0.375. The van der Waals surface area contributed by atoms with E-state index in [1.807, 2.05) is 37.3 Å². The number of ether oxygens (including phenoxy) is 2. The second-order valence-electron chi connectivity index (χ2n) is 4.54. The highest BCUT2D eigenvalue weighted by molar-refractivity contribution is 5.42. The highest BCUT2D eigenvalue weighted by Gasteiger charge is 2.09. The SMILES string of the molecule is CCOc1ccc(CN[C@H](C)c2ccco2)cc1OC. The van der Waals surface area contributed by atoms with Crippen molar-refractivity contribution >= 4 is 0 Å². The van der Waals surface area contributed by atoms with Crippen molar-refractivity contribution in [2.75, 3.05) is 13.7 Å². The number of furan rings is 1. The summed E-state index contributed by atoms with van der Waals surface area (Å²) in [7, 11) is 1.65. The van der Waals surface area contributed by atoms with Crippen LogP contribution in [0, 0.1) is 0 Å². The van der Waals surface area contributed by atoms with Crippen molar-refractivity contribution in [1.29, 1.82) is 0 Å². The summed E-state index contributed by atoms with van der Waals surface area (Å²) in [6.07, 6.45) is 1.69. The molecule has 2 aromatic rings. The second kappa shape index (κ2) is 7.01. The summed E-state index contributed by atoms with van der Waals surface area (Å²) in [5, 5.41) is 3.41. The average molecular weight is 275 g/mol. The van der Waals surface area contributed by atoms with E-state index in [0.717, 1.165) is 29.4 Å². The van der Waals surface area contributed by atoms with Gasteiger partial charge in [-0.25, -0.2) is 0 Å². The largest absolute Gasteiger partial charge is 0.493 e. The van der Waals surface area contributed by atoms with Gasteiger partial charge in [0.15, 0.2) is 11.5 Å². The normalized spacial score (nSPS) is 12.2. The number of benzene rings is 1. The molecule has 1 N–H and O–H groups in total. The molecule has 1 aromatic carbocycles. The smallest absolute Gasteiger partial charge is 0.161 e. The minimum Gasteiger partial charge on any atom is -0.493 e. The summed E-state index contributed by atoms with van der Waals surface area (Å²) in [5.74, 6) is 2.47. The summed E-state index contributed by atoms with van der Waals surface area (Å²) < 4.78 is 16.2. The maximum atomic E-state index is 5.51. The maximum Gasteiger partial charge on any atom is 0.161 e. The first-order valence-corrected chi connectivity index (χ1v) is 6.81. The van der Waals surface area contributed by atoms with Gasteiger partial charge in [0.25, 0.3) is 0 Å². The minimum atomic E-state index is 0.169. The molecule has 0 fully saturated rings. The molecular weight excluding hydrogens is 254 g/mol. The fourth-order valence-electron chi connectivity index (χ4n) is 2.01. The molecule has 1 atom stereocenters. The topological polar surface area (TPSA) is 43.6 Å². The third-order valence-electron chi connectivity index (χ3n) is 3.11. The number of rotatable bonds is 7. The number of hydrogen-bond donors (Lipinski definition) is 1. The number of methoxy groups -OCH3 is 1. The van der Waals surface area contributed by atoms with Crippen LogP contribution in [0.3, 0.4) is 0 Å². The van der Waals surface area contributed by atoms with E-state index in [4.69, 9.17) is 13.9 Å². The Kier molecular flexibility index (Phi) is 5.07. The van der Waals surface area contributed by atoms with Crippen LogP contribution in [0.25, 0.3) is 0 Å². The fourth-order valence-corrected chi connectivity index (χ4v) is 2.01. The second-order valence-corrected chi connectivity index (χ2v) is 4.54. The Morgan fingerprint density at radius 3 is 2.75 bits per heavy atom. The van der Waals surface area contributed by atoms with Crippen molar-refractivity contribution in [3.8, 4) is 11.5 Å². The van der Waals surface area contributed by atoms with E-state index < -0.39 is 0 Å². The van der Waals surface area contributed by atoms with Crippen LogP contribution in [0.2, 0.25) is 0 Å². The maximum absolute atomic E-state index is 5.51. The van der Waals surface area contributed by atoms with Crippen LogP contribution >= 0.6 is 0 Å². The van der Waals surface area contributed by atoms with Gasteiger partial charge in [0.05, 0.1) is 26.0 Å². The zero-order valence-corrected chi connectivity index (χ0v) is 12.2. The Morgan fingerprint density at radius 1 is 1.25 bits per heavy atom. The Labute approximate surface area is 119 Å². The third kappa shape index (κ3) is 3.54. The monoisotopic (exact) mass is 275 g/mol. The van der Waals surface area contributed by atoms with Gasteiger partial charge in [-0.1, -0.05) is 6.07 Å². The predicted molar refractivity (Wildman–Crippen MR) is 78.1 cm³/mol. The van der Waals surface area contributed by atoms with Crippen molar-refractivity contribution in [2.24, 2.45) is 0 Å². The summed E-state index contributed by atoms with van der Waals surface area (Å²) >= 11 is 0. The lowest BCUT2D eigenvalue weighted by Gasteiger charge is -2.14. The molecule has 0 amide bonds. The van der Waals surface area contributed by atoms with Crippen molar-refractivity contribution in [3.63, 3.8) is 0 Å². The summed E-state index contributed by atoms with van der Waals surface area (Å²) in [4.78, 5) is 0. The lowest BCUT2D eigenvalue weighted by molar-refractivity contribution is 0.310. The summed E-state index contributed by atoms with van der Waals surface area (Å²) in [5.41, 5.74) is 1.14. The van der Waals surface area contributed by atoms with E-state index in [2.05, 4.69) is 12.2 Å². The molecule has 2 rings (SSSR count). The molecule has 0 radical (unpaired) electrons. The molecule has 108 valence electrons. The minimum absolute atomic E-state index is 0.169. The van der Waals surface area contributed by atoms with E-state index in [-0.39, 0.29) is 6.04 Å². The molecule has 4 heteroatoms. The Balaban J connectivity index is 1.99. The molecule has 0 unspecified atom stereocenters. The van der Waals surface area contributed by atoms with Crippen molar-refractivity contribution in [1.82, 2.24) is 5.32 Å². The van der Waals surface area contributed by atoms with Gasteiger partial charge in [0.1, 0.15) is 5.76 Å². The molecule has 0 saturated carbocycles.